The summed E-state index contributed by atoms with van der Waals surface area (Å²) in [5, 5.41) is 13.8. The zero-order valence-corrected chi connectivity index (χ0v) is 20.4. The lowest BCUT2D eigenvalue weighted by atomic mass is 10.1. The van der Waals surface area contributed by atoms with Crippen LogP contribution >= 0.6 is 22.6 Å². The molecule has 0 aliphatic carbocycles. The first-order valence-corrected chi connectivity index (χ1v) is 12.2. The molecule has 3 rings (SSSR count). The van der Waals surface area contributed by atoms with Crippen LogP contribution in [0.3, 0.4) is 0 Å². The standard InChI is InChI=1S/C22H20IN3O6S/c1-32-21-12-9-17(14-20(21)26(28)29)24-22(27)19(13-15-5-3-2-4-6-15)25-33(30,31)18-10-7-16(23)8-11-18/h2-12,14,19,25H,13H2,1H3,(H,24,27)/t19-/m0/s1. The quantitative estimate of drug-likeness (QED) is 0.225. The summed E-state index contributed by atoms with van der Waals surface area (Å²) in [6, 6.07) is 17.9. The maximum atomic E-state index is 13.1. The Labute approximate surface area is 204 Å². The summed E-state index contributed by atoms with van der Waals surface area (Å²) in [6.07, 6.45) is 0.0779. The molecule has 3 aromatic rings. The number of nitrogens with zero attached hydrogens (tertiary/aromatic N) is 1. The molecule has 33 heavy (non-hydrogen) atoms. The van der Waals surface area contributed by atoms with E-state index in [2.05, 4.69) is 32.6 Å². The number of carbonyl (C=O) groups excluding carboxylic acids is 1. The first-order chi connectivity index (χ1) is 15.7. The lowest BCUT2D eigenvalue weighted by Gasteiger charge is -2.19. The van der Waals surface area contributed by atoms with Gasteiger partial charge in [-0.15, -0.1) is 0 Å². The number of nitro groups is 1. The maximum absolute atomic E-state index is 13.1. The molecule has 0 spiro atoms. The van der Waals surface area contributed by atoms with Crippen LogP contribution in [0.4, 0.5) is 11.4 Å². The van der Waals surface area contributed by atoms with Crippen molar-refractivity contribution in [3.8, 4) is 5.75 Å². The highest BCUT2D eigenvalue weighted by molar-refractivity contribution is 14.1. The van der Waals surface area contributed by atoms with Crippen LogP contribution in [0.25, 0.3) is 0 Å². The SMILES string of the molecule is COc1ccc(NC(=O)[C@H](Cc2ccccc2)NS(=O)(=O)c2ccc(I)cc2)cc1[N+](=O)[O-]. The third-order valence-electron chi connectivity index (χ3n) is 4.66. The number of methoxy groups -OCH3 is 1. The number of halogens is 1. The average molecular weight is 581 g/mol. The van der Waals surface area contributed by atoms with Gasteiger partial charge in [0, 0.05) is 15.3 Å². The average Bonchev–Trinajstić information content (AvgIpc) is 2.79. The predicted octanol–water partition coefficient (Wildman–Crippen LogP) is 3.74. The summed E-state index contributed by atoms with van der Waals surface area (Å²) in [5.74, 6) is -0.620. The van der Waals surface area contributed by atoms with Crippen molar-refractivity contribution in [1.82, 2.24) is 4.72 Å². The summed E-state index contributed by atoms with van der Waals surface area (Å²) in [5.41, 5.74) is 0.553. The Morgan fingerprint density at radius 1 is 1.09 bits per heavy atom. The molecule has 0 unspecified atom stereocenters. The fourth-order valence-corrected chi connectivity index (χ4v) is 4.60. The predicted molar refractivity (Wildman–Crippen MR) is 132 cm³/mol. The Bertz CT molecular complexity index is 1250. The van der Waals surface area contributed by atoms with Crippen LogP contribution in [-0.4, -0.2) is 32.4 Å². The first kappa shape index (κ1) is 24.6. The van der Waals surface area contributed by atoms with Crippen LogP contribution < -0.4 is 14.8 Å². The van der Waals surface area contributed by atoms with E-state index in [4.69, 9.17) is 4.74 Å². The summed E-state index contributed by atoms with van der Waals surface area (Å²) in [6.45, 7) is 0. The molecule has 0 heterocycles. The normalized spacial score (nSPS) is 12.1. The number of hydrogen-bond acceptors (Lipinski definition) is 6. The molecule has 0 radical (unpaired) electrons. The third kappa shape index (κ3) is 6.49. The maximum Gasteiger partial charge on any atom is 0.312 e. The molecule has 1 atom stereocenters. The lowest BCUT2D eigenvalue weighted by molar-refractivity contribution is -0.385. The number of amides is 1. The molecule has 0 saturated heterocycles. The van der Waals surface area contributed by atoms with Gasteiger partial charge in [-0.3, -0.25) is 14.9 Å². The van der Waals surface area contributed by atoms with E-state index in [1.165, 1.54) is 31.4 Å². The highest BCUT2D eigenvalue weighted by Gasteiger charge is 2.27. The molecule has 3 aromatic carbocycles. The molecule has 11 heteroatoms. The van der Waals surface area contributed by atoms with E-state index in [9.17, 15) is 23.3 Å². The van der Waals surface area contributed by atoms with Gasteiger partial charge in [0.1, 0.15) is 6.04 Å². The van der Waals surface area contributed by atoms with Gasteiger partial charge in [-0.1, -0.05) is 30.3 Å². The molecule has 0 aromatic heterocycles. The van der Waals surface area contributed by atoms with E-state index in [1.807, 2.05) is 6.07 Å². The zero-order chi connectivity index (χ0) is 24.0. The number of hydrogen-bond donors (Lipinski definition) is 2. The van der Waals surface area contributed by atoms with Crippen molar-refractivity contribution in [3.05, 3.63) is 92.0 Å². The van der Waals surface area contributed by atoms with Gasteiger partial charge in [0.2, 0.25) is 15.9 Å². The summed E-state index contributed by atoms with van der Waals surface area (Å²) < 4.78 is 34.2. The number of sulfonamides is 1. The van der Waals surface area contributed by atoms with E-state index in [-0.39, 0.29) is 28.4 Å². The fraction of sp³-hybridized carbons (Fsp3) is 0.136. The number of ether oxygens (including phenoxy) is 1. The molecule has 1 amide bonds. The van der Waals surface area contributed by atoms with Crippen molar-refractivity contribution in [2.75, 3.05) is 12.4 Å². The van der Waals surface area contributed by atoms with E-state index in [0.717, 1.165) is 15.2 Å². The Kier molecular flexibility index (Phi) is 8.00. The largest absolute Gasteiger partial charge is 0.490 e. The Morgan fingerprint density at radius 2 is 1.76 bits per heavy atom. The van der Waals surface area contributed by atoms with Crippen LogP contribution in [0.5, 0.6) is 5.75 Å². The van der Waals surface area contributed by atoms with Gasteiger partial charge in [-0.2, -0.15) is 4.72 Å². The number of rotatable bonds is 9. The van der Waals surface area contributed by atoms with Gasteiger partial charge in [0.05, 0.1) is 16.9 Å². The molecule has 2 N–H and O–H groups in total. The van der Waals surface area contributed by atoms with Crippen molar-refractivity contribution in [3.63, 3.8) is 0 Å². The number of carbonyl (C=O) groups is 1. The molecular formula is C22H20IN3O6S. The Hall–Kier alpha value is -3.03. The zero-order valence-electron chi connectivity index (χ0n) is 17.4. The molecule has 0 bridgehead atoms. The van der Waals surface area contributed by atoms with Gasteiger partial charge in [0.15, 0.2) is 5.75 Å². The second-order valence-electron chi connectivity index (χ2n) is 6.95. The van der Waals surface area contributed by atoms with Gasteiger partial charge in [-0.25, -0.2) is 8.42 Å². The number of nitro benzene ring substituents is 1. The van der Waals surface area contributed by atoms with Crippen molar-refractivity contribution in [2.45, 2.75) is 17.4 Å². The lowest BCUT2D eigenvalue weighted by Crippen LogP contribution is -2.45. The summed E-state index contributed by atoms with van der Waals surface area (Å²) in [7, 11) is -2.71. The van der Waals surface area contributed by atoms with Crippen LogP contribution in [0, 0.1) is 13.7 Å². The van der Waals surface area contributed by atoms with Crippen LogP contribution in [0.15, 0.2) is 77.7 Å². The molecule has 0 fully saturated rings. The highest BCUT2D eigenvalue weighted by Crippen LogP contribution is 2.29. The minimum Gasteiger partial charge on any atom is -0.490 e. The van der Waals surface area contributed by atoms with E-state index < -0.39 is 26.9 Å². The molecule has 9 nitrogen and oxygen atoms in total. The van der Waals surface area contributed by atoms with Crippen molar-refractivity contribution in [1.29, 1.82) is 0 Å². The summed E-state index contributed by atoms with van der Waals surface area (Å²) >= 11 is 2.06. The van der Waals surface area contributed by atoms with Crippen molar-refractivity contribution < 1.29 is 22.9 Å². The third-order valence-corrected chi connectivity index (χ3v) is 6.87. The number of benzene rings is 3. The Balaban J connectivity index is 1.89. The van der Waals surface area contributed by atoms with Crippen LogP contribution in [-0.2, 0) is 21.2 Å². The number of nitrogens with one attached hydrogen (secondary N) is 2. The fourth-order valence-electron chi connectivity index (χ4n) is 3.05. The smallest absolute Gasteiger partial charge is 0.312 e. The van der Waals surface area contributed by atoms with Gasteiger partial charge < -0.3 is 10.1 Å². The van der Waals surface area contributed by atoms with E-state index >= 15 is 0 Å². The van der Waals surface area contributed by atoms with E-state index in [0.29, 0.717) is 0 Å². The van der Waals surface area contributed by atoms with Gasteiger partial charge in [-0.05, 0) is 71.0 Å². The van der Waals surface area contributed by atoms with Gasteiger partial charge >= 0.3 is 5.69 Å². The van der Waals surface area contributed by atoms with Crippen LogP contribution in [0.2, 0.25) is 0 Å². The molecule has 172 valence electrons. The monoisotopic (exact) mass is 581 g/mol. The van der Waals surface area contributed by atoms with Crippen molar-refractivity contribution >= 4 is 49.9 Å². The minimum atomic E-state index is -4.01. The molecular weight excluding hydrogens is 561 g/mol. The highest BCUT2D eigenvalue weighted by atomic mass is 127. The van der Waals surface area contributed by atoms with Gasteiger partial charge in [0.25, 0.3) is 0 Å². The Morgan fingerprint density at radius 3 is 2.36 bits per heavy atom. The molecule has 0 aliphatic heterocycles. The van der Waals surface area contributed by atoms with Crippen LogP contribution in [0.1, 0.15) is 5.56 Å². The topological polar surface area (TPSA) is 128 Å². The second kappa shape index (κ2) is 10.7. The van der Waals surface area contributed by atoms with E-state index in [1.54, 1.807) is 36.4 Å². The second-order valence-corrected chi connectivity index (χ2v) is 9.91. The number of anilines is 1. The molecule has 0 aliphatic rings. The first-order valence-electron chi connectivity index (χ1n) is 9.65. The molecule has 0 saturated carbocycles. The minimum absolute atomic E-state index is 0.0221. The summed E-state index contributed by atoms with van der Waals surface area (Å²) in [4.78, 5) is 23.8. The van der Waals surface area contributed by atoms with Crippen molar-refractivity contribution in [2.24, 2.45) is 0 Å².